The summed E-state index contributed by atoms with van der Waals surface area (Å²) < 4.78 is 24.1. The molecule has 4 heterocycles. The number of piperidine rings is 1. The highest BCUT2D eigenvalue weighted by atomic mass is 32.1. The van der Waals surface area contributed by atoms with Crippen molar-refractivity contribution in [3.63, 3.8) is 0 Å². The number of anilines is 1. The van der Waals surface area contributed by atoms with Crippen LogP contribution < -0.4 is 21.5 Å². The summed E-state index contributed by atoms with van der Waals surface area (Å²) in [6.45, 7) is 8.38. The van der Waals surface area contributed by atoms with E-state index < -0.39 is 28.8 Å². The number of ether oxygens (including phenoxy) is 1. The molecular formula is C28H32FN7O4S. The van der Waals surface area contributed by atoms with Crippen LogP contribution in [0.1, 0.15) is 45.5 Å². The first-order valence-electron chi connectivity index (χ1n) is 13.3. The minimum Gasteiger partial charge on any atom is -0.444 e. The Morgan fingerprint density at radius 3 is 2.76 bits per heavy atom. The lowest BCUT2D eigenvalue weighted by Gasteiger charge is -2.34. The predicted octanol–water partition coefficient (Wildman–Crippen LogP) is 3.21. The number of aryl methyl sites for hydroxylation is 1. The van der Waals surface area contributed by atoms with Crippen LogP contribution in [0.2, 0.25) is 0 Å². The molecule has 3 aromatic heterocycles. The fourth-order valence-electron chi connectivity index (χ4n) is 4.95. The van der Waals surface area contributed by atoms with E-state index >= 15 is 0 Å². The van der Waals surface area contributed by atoms with Gasteiger partial charge < -0.3 is 15.0 Å². The van der Waals surface area contributed by atoms with Crippen LogP contribution in [0.5, 0.6) is 0 Å². The van der Waals surface area contributed by atoms with Gasteiger partial charge in [0.2, 0.25) is 5.95 Å². The first kappa shape index (κ1) is 28.4. The maximum absolute atomic E-state index is 13.9. The minimum absolute atomic E-state index is 0.0615. The highest BCUT2D eigenvalue weighted by Gasteiger charge is 2.29. The molecule has 1 aliphatic heterocycles. The summed E-state index contributed by atoms with van der Waals surface area (Å²) in [6.07, 6.45) is 1.06. The Bertz CT molecular complexity index is 1820. The Labute approximate surface area is 239 Å². The molecule has 0 spiro atoms. The molecule has 216 valence electrons. The molecule has 1 aliphatic rings. The lowest BCUT2D eigenvalue weighted by atomic mass is 10.1. The van der Waals surface area contributed by atoms with Gasteiger partial charge in [0, 0.05) is 32.2 Å². The van der Waals surface area contributed by atoms with E-state index in [1.54, 1.807) is 24.6 Å². The van der Waals surface area contributed by atoms with Gasteiger partial charge in [-0.2, -0.15) is 4.98 Å². The molecule has 1 amide bonds. The summed E-state index contributed by atoms with van der Waals surface area (Å²) in [5.41, 5.74) is -0.685. The van der Waals surface area contributed by atoms with Gasteiger partial charge in [-0.15, -0.1) is 17.3 Å². The largest absolute Gasteiger partial charge is 0.444 e. The van der Waals surface area contributed by atoms with E-state index in [2.05, 4.69) is 22.1 Å². The molecular weight excluding hydrogens is 549 g/mol. The molecule has 0 radical (unpaired) electrons. The summed E-state index contributed by atoms with van der Waals surface area (Å²) in [5.74, 6) is 5.98. The smallest absolute Gasteiger partial charge is 0.407 e. The van der Waals surface area contributed by atoms with Crippen molar-refractivity contribution >= 4 is 44.8 Å². The lowest BCUT2D eigenvalue weighted by Crippen LogP contribution is -2.49. The fourth-order valence-corrected chi connectivity index (χ4v) is 5.89. The number of hydrogen-bond acceptors (Lipinski definition) is 8. The number of imidazole rings is 1. The topological polar surface area (TPSA) is 116 Å². The summed E-state index contributed by atoms with van der Waals surface area (Å²) in [7, 11) is 1.57. The molecule has 5 rings (SSSR count). The number of halogens is 1. The molecule has 4 aromatic rings. The Balaban J connectivity index is 1.54. The van der Waals surface area contributed by atoms with Crippen molar-refractivity contribution in [2.45, 2.75) is 65.3 Å². The quantitative estimate of drug-likeness (QED) is 0.360. The number of amides is 1. The van der Waals surface area contributed by atoms with Crippen molar-refractivity contribution in [3.8, 4) is 11.8 Å². The third-order valence-electron chi connectivity index (χ3n) is 6.74. The van der Waals surface area contributed by atoms with Crippen LogP contribution in [0, 0.1) is 17.7 Å². The van der Waals surface area contributed by atoms with Gasteiger partial charge in [-0.1, -0.05) is 5.92 Å². The van der Waals surface area contributed by atoms with Crippen molar-refractivity contribution in [2.24, 2.45) is 7.05 Å². The monoisotopic (exact) mass is 581 g/mol. The molecule has 0 bridgehead atoms. The van der Waals surface area contributed by atoms with Gasteiger partial charge in [-0.25, -0.2) is 19.0 Å². The van der Waals surface area contributed by atoms with Crippen molar-refractivity contribution in [1.29, 1.82) is 0 Å². The molecule has 11 nitrogen and oxygen atoms in total. The maximum atomic E-state index is 13.9. The normalized spacial score (nSPS) is 15.7. The average Bonchev–Trinajstić information content (AvgIpc) is 3.48. The zero-order valence-corrected chi connectivity index (χ0v) is 24.5. The number of benzene rings is 1. The van der Waals surface area contributed by atoms with Gasteiger partial charge >= 0.3 is 11.8 Å². The minimum atomic E-state index is -0.614. The third kappa shape index (κ3) is 5.83. The van der Waals surface area contributed by atoms with E-state index in [0.717, 1.165) is 22.1 Å². The van der Waals surface area contributed by atoms with Crippen molar-refractivity contribution in [3.05, 3.63) is 49.9 Å². The molecule has 1 unspecified atom stereocenters. The summed E-state index contributed by atoms with van der Waals surface area (Å²) in [4.78, 5) is 50.8. The third-order valence-corrected chi connectivity index (χ3v) is 7.76. The number of nitrogens with one attached hydrogen (secondary N) is 1. The maximum Gasteiger partial charge on any atom is 0.407 e. The lowest BCUT2D eigenvalue weighted by molar-refractivity contribution is 0.0499. The second kappa shape index (κ2) is 11.0. The fraction of sp³-hybridized carbons (Fsp3) is 0.464. The Hall–Kier alpha value is -4.18. The number of carbonyl (C=O) groups is 1. The summed E-state index contributed by atoms with van der Waals surface area (Å²) in [5, 5.41) is 3.45. The van der Waals surface area contributed by atoms with Gasteiger partial charge in [-0.05, 0) is 52.7 Å². The SMILES string of the molecule is CC#CCn1c(N2CCCC(NC(=O)OC(C)(C)C)C2)nc2c1c(=O)n(Cc1nc3cc(F)ccc3s1)c(=O)n2C. The second-order valence-corrected chi connectivity index (χ2v) is 12.1. The highest BCUT2D eigenvalue weighted by molar-refractivity contribution is 7.18. The molecule has 1 atom stereocenters. The number of nitrogens with zero attached hydrogens (tertiary/aromatic N) is 6. The summed E-state index contributed by atoms with van der Waals surface area (Å²) in [6, 6.07) is 4.12. The van der Waals surface area contributed by atoms with Gasteiger partial charge in [0.1, 0.15) is 16.4 Å². The van der Waals surface area contributed by atoms with Gasteiger partial charge in [0.15, 0.2) is 11.2 Å². The summed E-state index contributed by atoms with van der Waals surface area (Å²) >= 11 is 1.30. The van der Waals surface area contributed by atoms with Gasteiger partial charge in [-0.3, -0.25) is 18.5 Å². The first-order valence-corrected chi connectivity index (χ1v) is 14.2. The van der Waals surface area contributed by atoms with E-state index in [9.17, 15) is 18.8 Å². The van der Waals surface area contributed by atoms with E-state index in [4.69, 9.17) is 9.72 Å². The van der Waals surface area contributed by atoms with Crippen LogP contribution >= 0.6 is 11.3 Å². The molecule has 1 saturated heterocycles. The second-order valence-electron chi connectivity index (χ2n) is 11.0. The van der Waals surface area contributed by atoms with Gasteiger partial charge in [0.05, 0.1) is 23.3 Å². The van der Waals surface area contributed by atoms with E-state index in [1.807, 2.05) is 25.7 Å². The average molecular weight is 582 g/mol. The number of fused-ring (bicyclic) bond motifs is 2. The molecule has 1 fully saturated rings. The number of alkyl carbamates (subject to hydrolysis) is 1. The van der Waals surface area contributed by atoms with Crippen molar-refractivity contribution in [2.75, 3.05) is 18.0 Å². The number of thiazole rings is 1. The highest BCUT2D eigenvalue weighted by Crippen LogP contribution is 2.25. The van der Waals surface area contributed by atoms with Crippen LogP contribution in [0.25, 0.3) is 21.4 Å². The van der Waals surface area contributed by atoms with Crippen LogP contribution in [-0.2, 0) is 24.9 Å². The van der Waals surface area contributed by atoms with Crippen LogP contribution in [0.3, 0.4) is 0 Å². The Kier molecular flexibility index (Phi) is 7.61. The molecule has 41 heavy (non-hydrogen) atoms. The van der Waals surface area contributed by atoms with Crippen LogP contribution in [-0.4, -0.2) is 54.5 Å². The van der Waals surface area contributed by atoms with E-state index in [1.165, 1.54) is 28.0 Å². The Morgan fingerprint density at radius 2 is 2.02 bits per heavy atom. The van der Waals surface area contributed by atoms with Crippen LogP contribution in [0.4, 0.5) is 15.1 Å². The zero-order chi connectivity index (χ0) is 29.5. The van der Waals surface area contributed by atoms with Crippen molar-refractivity contribution < 1.29 is 13.9 Å². The van der Waals surface area contributed by atoms with E-state index in [-0.39, 0.29) is 30.3 Å². The van der Waals surface area contributed by atoms with Crippen LogP contribution in [0.15, 0.2) is 27.8 Å². The van der Waals surface area contributed by atoms with E-state index in [0.29, 0.717) is 29.6 Å². The molecule has 13 heteroatoms. The zero-order valence-electron chi connectivity index (χ0n) is 23.7. The molecule has 0 saturated carbocycles. The number of hydrogen-bond donors (Lipinski definition) is 1. The molecule has 1 N–H and O–H groups in total. The van der Waals surface area contributed by atoms with Crippen molar-refractivity contribution in [1.82, 2.24) is 29.0 Å². The molecule has 1 aromatic carbocycles. The predicted molar refractivity (Wildman–Crippen MR) is 156 cm³/mol. The Morgan fingerprint density at radius 1 is 1.24 bits per heavy atom. The van der Waals surface area contributed by atoms with Gasteiger partial charge in [0.25, 0.3) is 5.56 Å². The number of aromatic nitrogens is 5. The standard InChI is InChI=1S/C28H32FN7O4S/c1-6-7-13-35-22-23(32-25(35)34-12-8-9-18(15-34)30-26(38)40-28(2,3)4)33(5)27(39)36(24(22)37)16-21-31-19-14-17(29)10-11-20(19)41-21/h10-11,14,18H,8-9,12-13,15-16H2,1-5H3,(H,30,38). The molecule has 0 aliphatic carbocycles. The number of rotatable bonds is 5. The number of carbonyl (C=O) groups excluding carboxylic acids is 1. The first-order chi connectivity index (χ1) is 19.4.